The second-order valence-corrected chi connectivity index (χ2v) is 6.76. The summed E-state index contributed by atoms with van der Waals surface area (Å²) in [7, 11) is 0. The van der Waals surface area contributed by atoms with Crippen LogP contribution in [0, 0.1) is 0 Å². The Bertz CT molecular complexity index is 337. The molecule has 0 aromatic rings. The fraction of sp³-hybridized carbons (Fsp3) is 0.773. The molecule has 146 valence electrons. The van der Waals surface area contributed by atoms with Crippen molar-refractivity contribution in [1.29, 1.82) is 0 Å². The molecule has 0 radical (unpaired) electrons. The molecule has 3 heteroatoms. The third-order valence-corrected chi connectivity index (χ3v) is 4.29. The van der Waals surface area contributed by atoms with Crippen molar-refractivity contribution >= 4 is 5.91 Å². The van der Waals surface area contributed by atoms with Gasteiger partial charge in [0.15, 0.2) is 0 Å². The van der Waals surface area contributed by atoms with Gasteiger partial charge in [0.05, 0.1) is 6.61 Å². The summed E-state index contributed by atoms with van der Waals surface area (Å²) in [6.07, 6.45) is 25.8. The molecule has 0 spiro atoms. The Hall–Kier alpha value is -1.09. The smallest absolute Gasteiger partial charge is 0.220 e. The summed E-state index contributed by atoms with van der Waals surface area (Å²) in [5, 5.41) is 11.3. The van der Waals surface area contributed by atoms with Crippen LogP contribution in [0.2, 0.25) is 0 Å². The van der Waals surface area contributed by atoms with E-state index >= 15 is 0 Å². The maximum atomic E-state index is 11.3. The molecule has 0 bridgehead atoms. The van der Waals surface area contributed by atoms with Crippen LogP contribution in [0.25, 0.3) is 0 Å². The van der Waals surface area contributed by atoms with Crippen LogP contribution < -0.4 is 5.32 Å². The molecule has 0 saturated heterocycles. The largest absolute Gasteiger partial charge is 0.395 e. The molecule has 0 aliphatic carbocycles. The average Bonchev–Trinajstić information content (AvgIpc) is 2.62. The number of allylic oxidation sites excluding steroid dienone is 4. The quantitative estimate of drug-likeness (QED) is 0.246. The Balaban J connectivity index is 3.20. The number of aliphatic hydroxyl groups is 1. The number of unbranched alkanes of at least 4 members (excludes halogenated alkanes) is 10. The van der Waals surface area contributed by atoms with Crippen molar-refractivity contribution in [3.8, 4) is 0 Å². The third-order valence-electron chi connectivity index (χ3n) is 4.29. The molecule has 25 heavy (non-hydrogen) atoms. The first-order valence-electron chi connectivity index (χ1n) is 10.5. The Morgan fingerprint density at radius 1 is 0.800 bits per heavy atom. The van der Waals surface area contributed by atoms with Crippen LogP contribution in [0.3, 0.4) is 0 Å². The summed E-state index contributed by atoms with van der Waals surface area (Å²) in [5.41, 5.74) is 0. The van der Waals surface area contributed by atoms with Gasteiger partial charge in [-0.2, -0.15) is 0 Å². The first-order valence-corrected chi connectivity index (χ1v) is 10.5. The zero-order valence-electron chi connectivity index (χ0n) is 16.5. The van der Waals surface area contributed by atoms with Crippen molar-refractivity contribution in [3.63, 3.8) is 0 Å². The van der Waals surface area contributed by atoms with Gasteiger partial charge < -0.3 is 10.4 Å². The number of carbonyl (C=O) groups excluding carboxylic acids is 1. The van der Waals surface area contributed by atoms with Gasteiger partial charge in [0.2, 0.25) is 5.91 Å². The van der Waals surface area contributed by atoms with E-state index in [-0.39, 0.29) is 12.5 Å². The third kappa shape index (κ3) is 20.9. The van der Waals surface area contributed by atoms with E-state index in [1.54, 1.807) is 0 Å². The number of amides is 1. The van der Waals surface area contributed by atoms with Gasteiger partial charge in [-0.25, -0.2) is 0 Å². The monoisotopic (exact) mass is 351 g/mol. The minimum atomic E-state index is 0.0245. The summed E-state index contributed by atoms with van der Waals surface area (Å²) >= 11 is 0. The molecule has 0 aliphatic heterocycles. The van der Waals surface area contributed by atoms with Crippen LogP contribution in [0.1, 0.15) is 96.8 Å². The molecule has 0 aromatic heterocycles. The van der Waals surface area contributed by atoms with Gasteiger partial charge in [0.25, 0.3) is 0 Å². The van der Waals surface area contributed by atoms with Crippen LogP contribution >= 0.6 is 0 Å². The molecular weight excluding hydrogens is 310 g/mol. The molecule has 1 amide bonds. The molecule has 0 aromatic carbocycles. The van der Waals surface area contributed by atoms with Crippen molar-refractivity contribution in [2.24, 2.45) is 0 Å². The standard InChI is InChI=1S/C22H41NO2/c1-2-3-4-5-6-7-8-9-10-11-12-13-14-15-16-17-18-19-22(25)23-20-21-24/h6-7,9-10,24H,2-5,8,11-21H2,1H3,(H,23,25)/b7-6+,10-9+. The lowest BCUT2D eigenvalue weighted by Gasteiger charge is -2.03. The van der Waals surface area contributed by atoms with E-state index in [9.17, 15) is 4.79 Å². The SMILES string of the molecule is CCCCC/C=C/C/C=C/CCCCCCCCCC(=O)NCCO. The first-order chi connectivity index (χ1) is 12.3. The van der Waals surface area contributed by atoms with E-state index in [1.165, 1.54) is 64.2 Å². The molecule has 0 fully saturated rings. The highest BCUT2D eigenvalue weighted by atomic mass is 16.3. The minimum absolute atomic E-state index is 0.0245. The highest BCUT2D eigenvalue weighted by Gasteiger charge is 1.99. The Morgan fingerprint density at radius 2 is 1.36 bits per heavy atom. The topological polar surface area (TPSA) is 49.3 Å². The van der Waals surface area contributed by atoms with Crippen molar-refractivity contribution < 1.29 is 9.90 Å². The lowest BCUT2D eigenvalue weighted by molar-refractivity contribution is -0.121. The van der Waals surface area contributed by atoms with Crippen molar-refractivity contribution in [2.45, 2.75) is 96.8 Å². The summed E-state index contributed by atoms with van der Waals surface area (Å²) in [6.45, 7) is 2.65. The first kappa shape index (κ1) is 23.9. The fourth-order valence-corrected chi connectivity index (χ4v) is 2.73. The van der Waals surface area contributed by atoms with Crippen molar-refractivity contribution in [2.75, 3.05) is 13.2 Å². The van der Waals surface area contributed by atoms with Crippen LogP contribution in [0.5, 0.6) is 0 Å². The molecule has 2 N–H and O–H groups in total. The second kappa shape index (κ2) is 21.0. The molecule has 0 rings (SSSR count). The van der Waals surface area contributed by atoms with Gasteiger partial charge in [0, 0.05) is 13.0 Å². The summed E-state index contributed by atoms with van der Waals surface area (Å²) in [6, 6.07) is 0. The predicted octanol–water partition coefficient (Wildman–Crippen LogP) is 5.69. The van der Waals surface area contributed by atoms with Gasteiger partial charge in [-0.15, -0.1) is 0 Å². The zero-order valence-corrected chi connectivity index (χ0v) is 16.5. The maximum Gasteiger partial charge on any atom is 0.220 e. The summed E-state index contributed by atoms with van der Waals surface area (Å²) in [4.78, 5) is 11.3. The van der Waals surface area contributed by atoms with Gasteiger partial charge in [-0.05, 0) is 38.5 Å². The zero-order chi connectivity index (χ0) is 18.4. The van der Waals surface area contributed by atoms with Gasteiger partial charge >= 0.3 is 0 Å². The van der Waals surface area contributed by atoms with Crippen LogP contribution in [0.4, 0.5) is 0 Å². The molecule has 0 aliphatic rings. The summed E-state index contributed by atoms with van der Waals surface area (Å²) < 4.78 is 0. The van der Waals surface area contributed by atoms with E-state index < -0.39 is 0 Å². The van der Waals surface area contributed by atoms with Gasteiger partial charge in [-0.3, -0.25) is 4.79 Å². The highest BCUT2D eigenvalue weighted by Crippen LogP contribution is 2.10. The molecule has 3 nitrogen and oxygen atoms in total. The van der Waals surface area contributed by atoms with E-state index in [4.69, 9.17) is 5.11 Å². The van der Waals surface area contributed by atoms with E-state index in [1.807, 2.05) is 0 Å². The number of rotatable bonds is 18. The number of nitrogens with one attached hydrogen (secondary N) is 1. The van der Waals surface area contributed by atoms with Crippen LogP contribution in [-0.2, 0) is 4.79 Å². The Morgan fingerprint density at radius 3 is 1.96 bits per heavy atom. The Kier molecular flexibility index (Phi) is 20.0. The minimum Gasteiger partial charge on any atom is -0.395 e. The van der Waals surface area contributed by atoms with E-state index in [2.05, 4.69) is 36.5 Å². The molecule has 0 saturated carbocycles. The molecule has 0 unspecified atom stereocenters. The van der Waals surface area contributed by atoms with Gasteiger partial charge in [0.1, 0.15) is 0 Å². The van der Waals surface area contributed by atoms with Gasteiger partial charge in [-0.1, -0.05) is 76.2 Å². The molecule has 0 heterocycles. The lowest BCUT2D eigenvalue weighted by atomic mass is 10.1. The average molecular weight is 352 g/mol. The van der Waals surface area contributed by atoms with Crippen LogP contribution in [-0.4, -0.2) is 24.2 Å². The maximum absolute atomic E-state index is 11.3. The number of carbonyl (C=O) groups is 1. The van der Waals surface area contributed by atoms with E-state index in [0.29, 0.717) is 13.0 Å². The number of hydrogen-bond donors (Lipinski definition) is 2. The molecule has 0 atom stereocenters. The fourth-order valence-electron chi connectivity index (χ4n) is 2.73. The van der Waals surface area contributed by atoms with E-state index in [0.717, 1.165) is 19.3 Å². The van der Waals surface area contributed by atoms with Crippen molar-refractivity contribution in [1.82, 2.24) is 5.32 Å². The predicted molar refractivity (Wildman–Crippen MR) is 109 cm³/mol. The van der Waals surface area contributed by atoms with Crippen molar-refractivity contribution in [3.05, 3.63) is 24.3 Å². The normalized spacial score (nSPS) is 11.6. The number of hydrogen-bond acceptors (Lipinski definition) is 2. The Labute approximate surface area is 156 Å². The number of aliphatic hydroxyl groups excluding tert-OH is 1. The lowest BCUT2D eigenvalue weighted by Crippen LogP contribution is -2.25. The highest BCUT2D eigenvalue weighted by molar-refractivity contribution is 5.75. The molecular formula is C22H41NO2. The summed E-state index contributed by atoms with van der Waals surface area (Å²) in [5.74, 6) is 0.0663. The second-order valence-electron chi connectivity index (χ2n) is 6.76. The van der Waals surface area contributed by atoms with Crippen LogP contribution in [0.15, 0.2) is 24.3 Å².